The van der Waals surface area contributed by atoms with Crippen molar-refractivity contribution in [2.75, 3.05) is 39.4 Å². The van der Waals surface area contributed by atoms with Crippen LogP contribution in [-0.2, 0) is 17.5 Å². The van der Waals surface area contributed by atoms with Crippen LogP contribution in [0.25, 0.3) is 21.8 Å². The number of nitrogens with zero attached hydrogens (tertiary/aromatic N) is 5. The number of carbonyl (C=O) groups is 1. The third-order valence-corrected chi connectivity index (χ3v) is 7.94. The van der Waals surface area contributed by atoms with Crippen molar-refractivity contribution in [3.63, 3.8) is 0 Å². The molecule has 210 valence electrons. The lowest BCUT2D eigenvalue weighted by Crippen LogP contribution is -2.48. The molecule has 2 saturated heterocycles. The Bertz CT molecular complexity index is 1630. The molecule has 12 heteroatoms. The van der Waals surface area contributed by atoms with Gasteiger partial charge in [0.2, 0.25) is 0 Å². The average Bonchev–Trinajstić information content (AvgIpc) is 3.39. The summed E-state index contributed by atoms with van der Waals surface area (Å²) in [5, 5.41) is 5.77. The fourth-order valence-electron chi connectivity index (χ4n) is 5.78. The summed E-state index contributed by atoms with van der Waals surface area (Å²) in [6.07, 6.45) is 1.12. The molecule has 0 bridgehead atoms. The number of hydrogen-bond acceptors (Lipinski definition) is 6. The highest BCUT2D eigenvalue weighted by molar-refractivity contribution is 6.07. The van der Waals surface area contributed by atoms with Crippen molar-refractivity contribution in [2.45, 2.75) is 38.5 Å². The minimum atomic E-state index is -4.44. The SMILES string of the molecule is Cc1cc2[nH]c(=O)c3cnn(C4CCOCC4)c3c2cc1C(=O)N1CCN(Cc2cnccc2C(F)(F)F)CC1. The van der Waals surface area contributed by atoms with Crippen LogP contribution in [0.15, 0.2) is 41.6 Å². The van der Waals surface area contributed by atoms with Crippen molar-refractivity contribution in [3.8, 4) is 0 Å². The average molecular weight is 555 g/mol. The van der Waals surface area contributed by atoms with E-state index in [2.05, 4.69) is 15.1 Å². The lowest BCUT2D eigenvalue weighted by Gasteiger charge is -2.35. The first-order valence-electron chi connectivity index (χ1n) is 13.3. The Labute approximate surface area is 227 Å². The van der Waals surface area contributed by atoms with Gasteiger partial charge in [0, 0.05) is 69.3 Å². The zero-order valence-electron chi connectivity index (χ0n) is 22.0. The molecule has 4 aromatic rings. The van der Waals surface area contributed by atoms with Crippen LogP contribution in [0.5, 0.6) is 0 Å². The summed E-state index contributed by atoms with van der Waals surface area (Å²) in [7, 11) is 0. The largest absolute Gasteiger partial charge is 0.416 e. The Kier molecular flexibility index (Phi) is 6.83. The van der Waals surface area contributed by atoms with Crippen molar-refractivity contribution < 1.29 is 22.7 Å². The highest BCUT2D eigenvalue weighted by Crippen LogP contribution is 2.33. The second kappa shape index (κ2) is 10.3. The maximum absolute atomic E-state index is 13.7. The summed E-state index contributed by atoms with van der Waals surface area (Å²) in [6, 6.07) is 4.75. The number of nitrogens with one attached hydrogen (secondary N) is 1. The van der Waals surface area contributed by atoms with Crippen molar-refractivity contribution in [2.24, 2.45) is 0 Å². The van der Waals surface area contributed by atoms with Crippen LogP contribution in [0, 0.1) is 6.92 Å². The molecule has 40 heavy (non-hydrogen) atoms. The number of hydrogen-bond donors (Lipinski definition) is 1. The Morgan fingerprint density at radius 2 is 1.85 bits per heavy atom. The third kappa shape index (κ3) is 4.86. The zero-order valence-corrected chi connectivity index (χ0v) is 22.0. The van der Waals surface area contributed by atoms with Gasteiger partial charge < -0.3 is 14.6 Å². The van der Waals surface area contributed by atoms with Gasteiger partial charge in [0.1, 0.15) is 0 Å². The maximum Gasteiger partial charge on any atom is 0.416 e. The number of rotatable bonds is 4. The predicted octanol–water partition coefficient (Wildman–Crippen LogP) is 3.91. The molecule has 0 saturated carbocycles. The monoisotopic (exact) mass is 554 g/mol. The molecular weight excluding hydrogens is 525 g/mol. The number of halogens is 3. The Hall–Kier alpha value is -3.77. The standard InChI is InChI=1S/C28H29F3N6O3/c1-17-12-24-21(25-22(26(38)34-24)15-33-37(25)19-3-10-40-11-4-19)13-20(17)27(39)36-8-6-35(7-9-36)16-18-14-32-5-2-23(18)28(29,30)31/h2,5,12-15,19H,3-4,6-11,16H2,1H3,(H,34,38). The molecule has 2 fully saturated rings. The van der Waals surface area contributed by atoms with Gasteiger partial charge in [-0.15, -0.1) is 0 Å². The number of amides is 1. The third-order valence-electron chi connectivity index (χ3n) is 7.94. The summed E-state index contributed by atoms with van der Waals surface area (Å²) >= 11 is 0. The van der Waals surface area contributed by atoms with Gasteiger partial charge in [0.15, 0.2) is 0 Å². The predicted molar refractivity (Wildman–Crippen MR) is 142 cm³/mol. The lowest BCUT2D eigenvalue weighted by atomic mass is 10.0. The fourth-order valence-corrected chi connectivity index (χ4v) is 5.78. The minimum absolute atomic E-state index is 0.0995. The molecule has 0 atom stereocenters. The van der Waals surface area contributed by atoms with Gasteiger partial charge in [0.25, 0.3) is 11.5 Å². The fraction of sp³-hybridized carbons (Fsp3) is 0.429. The first kappa shape index (κ1) is 26.5. The molecule has 1 N–H and O–H groups in total. The number of alkyl halides is 3. The van der Waals surface area contributed by atoms with E-state index in [9.17, 15) is 22.8 Å². The number of fused-ring (bicyclic) bond motifs is 3. The Balaban J connectivity index is 1.26. The zero-order chi connectivity index (χ0) is 28.0. The van der Waals surface area contributed by atoms with Crippen LogP contribution in [-0.4, -0.2) is 74.8 Å². The van der Waals surface area contributed by atoms with Gasteiger partial charge in [-0.25, -0.2) is 0 Å². The summed E-state index contributed by atoms with van der Waals surface area (Å²) in [4.78, 5) is 36.9. The van der Waals surface area contributed by atoms with Crippen LogP contribution in [0.2, 0.25) is 0 Å². The van der Waals surface area contributed by atoms with Crippen molar-refractivity contribution in [1.82, 2.24) is 29.5 Å². The van der Waals surface area contributed by atoms with Crippen molar-refractivity contribution in [1.29, 1.82) is 0 Å². The quantitative estimate of drug-likeness (QED) is 0.411. The molecule has 0 unspecified atom stereocenters. The molecule has 9 nitrogen and oxygen atoms in total. The summed E-state index contributed by atoms with van der Waals surface area (Å²) in [6.45, 7) is 4.86. The summed E-state index contributed by atoms with van der Waals surface area (Å²) in [5.74, 6) is -0.145. The van der Waals surface area contributed by atoms with Gasteiger partial charge in [-0.3, -0.25) is 24.2 Å². The lowest BCUT2D eigenvalue weighted by molar-refractivity contribution is -0.138. The topological polar surface area (TPSA) is 96.3 Å². The van der Waals surface area contributed by atoms with Gasteiger partial charge >= 0.3 is 6.18 Å². The molecule has 0 aliphatic carbocycles. The number of aryl methyl sites for hydroxylation is 1. The van der Waals surface area contributed by atoms with E-state index >= 15 is 0 Å². The van der Waals surface area contributed by atoms with E-state index in [1.165, 1.54) is 6.20 Å². The molecule has 0 spiro atoms. The number of aromatic nitrogens is 4. The molecule has 1 aromatic carbocycles. The van der Waals surface area contributed by atoms with E-state index in [0.717, 1.165) is 36.1 Å². The number of pyridine rings is 2. The number of carbonyl (C=O) groups excluding carboxylic acids is 1. The minimum Gasteiger partial charge on any atom is -0.381 e. The summed E-state index contributed by atoms with van der Waals surface area (Å²) < 4.78 is 47.6. The molecule has 1 amide bonds. The number of piperazine rings is 1. The first-order valence-corrected chi connectivity index (χ1v) is 13.3. The highest BCUT2D eigenvalue weighted by atomic mass is 19.4. The van der Waals surface area contributed by atoms with E-state index in [4.69, 9.17) is 4.74 Å². The van der Waals surface area contributed by atoms with Gasteiger partial charge in [-0.05, 0) is 49.1 Å². The summed E-state index contributed by atoms with van der Waals surface area (Å²) in [5.41, 5.74) is 1.83. The van der Waals surface area contributed by atoms with Crippen LogP contribution in [0.4, 0.5) is 13.2 Å². The Morgan fingerprint density at radius 3 is 2.58 bits per heavy atom. The molecule has 2 aliphatic rings. The number of benzene rings is 1. The van der Waals surface area contributed by atoms with Gasteiger partial charge in [0.05, 0.1) is 34.2 Å². The van der Waals surface area contributed by atoms with E-state index in [0.29, 0.717) is 61.4 Å². The normalized spacial score (nSPS) is 17.6. The smallest absolute Gasteiger partial charge is 0.381 e. The second-order valence-electron chi connectivity index (χ2n) is 10.5. The number of H-pyrrole nitrogens is 1. The van der Waals surface area contributed by atoms with Gasteiger partial charge in [-0.1, -0.05) is 0 Å². The van der Waals surface area contributed by atoms with Crippen LogP contribution in [0.1, 0.15) is 45.9 Å². The molecule has 2 aliphatic heterocycles. The van der Waals surface area contributed by atoms with Crippen molar-refractivity contribution in [3.05, 3.63) is 69.4 Å². The van der Waals surface area contributed by atoms with Crippen LogP contribution < -0.4 is 5.56 Å². The van der Waals surface area contributed by atoms with Crippen LogP contribution >= 0.6 is 0 Å². The maximum atomic E-state index is 13.7. The van der Waals surface area contributed by atoms with E-state index in [-0.39, 0.29) is 29.6 Å². The van der Waals surface area contributed by atoms with E-state index < -0.39 is 11.7 Å². The van der Waals surface area contributed by atoms with Crippen LogP contribution in [0.3, 0.4) is 0 Å². The molecule has 5 heterocycles. The van der Waals surface area contributed by atoms with Gasteiger partial charge in [-0.2, -0.15) is 18.3 Å². The second-order valence-corrected chi connectivity index (χ2v) is 10.5. The molecular formula is C28H29F3N6O3. The molecule has 6 rings (SSSR count). The van der Waals surface area contributed by atoms with Crippen molar-refractivity contribution >= 4 is 27.7 Å². The Morgan fingerprint density at radius 1 is 1.10 bits per heavy atom. The molecule has 0 radical (unpaired) electrons. The highest BCUT2D eigenvalue weighted by Gasteiger charge is 2.34. The van der Waals surface area contributed by atoms with E-state index in [1.807, 2.05) is 28.6 Å². The number of aromatic amines is 1. The van der Waals surface area contributed by atoms with E-state index in [1.54, 1.807) is 11.1 Å². The number of ether oxygens (including phenoxy) is 1. The first-order chi connectivity index (χ1) is 19.2. The molecule has 3 aromatic heterocycles.